The van der Waals surface area contributed by atoms with Gasteiger partial charge in [0.05, 0.1) is 0 Å². The molecule has 5 atom stereocenters. The highest BCUT2D eigenvalue weighted by Gasteiger charge is 2.52. The Hall–Kier alpha value is -0.780. The van der Waals surface area contributed by atoms with E-state index in [0.29, 0.717) is 11.3 Å². The van der Waals surface area contributed by atoms with Crippen LogP contribution in [0.25, 0.3) is 0 Å². The van der Waals surface area contributed by atoms with Crippen molar-refractivity contribution >= 4 is 0 Å². The van der Waals surface area contributed by atoms with Crippen LogP contribution in [0.15, 0.2) is 24.3 Å². The molecule has 0 aromatic heterocycles. The average Bonchev–Trinajstić information content (AvgIpc) is 2.68. The minimum absolute atomic E-state index is 0.375. The van der Waals surface area contributed by atoms with E-state index in [4.69, 9.17) is 0 Å². The minimum atomic E-state index is 0.375. The molecule has 0 bridgehead atoms. The van der Waals surface area contributed by atoms with Crippen LogP contribution in [0.1, 0.15) is 71.4 Å². The van der Waals surface area contributed by atoms with E-state index in [1.165, 1.54) is 12.8 Å². The van der Waals surface area contributed by atoms with E-state index in [2.05, 4.69) is 65.8 Å². The summed E-state index contributed by atoms with van der Waals surface area (Å²) in [4.78, 5) is 0. The summed E-state index contributed by atoms with van der Waals surface area (Å²) < 4.78 is 0. The Bertz CT molecular complexity index is 421. The molecule has 0 heterocycles. The normalized spacial score (nSPS) is 32.9. The summed E-state index contributed by atoms with van der Waals surface area (Å²) in [5.41, 5.74) is 3.63. The van der Waals surface area contributed by atoms with Gasteiger partial charge >= 0.3 is 0 Å². The van der Waals surface area contributed by atoms with Crippen LogP contribution in [0.3, 0.4) is 0 Å². The third-order valence-corrected chi connectivity index (χ3v) is 6.28. The summed E-state index contributed by atoms with van der Waals surface area (Å²) in [6.07, 6.45) is 2.55. The molecule has 2 rings (SSSR count). The van der Waals surface area contributed by atoms with Gasteiger partial charge in [-0.1, -0.05) is 78.6 Å². The SMILES string of the molecule is CC[C@@H](C)C1([C@@H](C)CC)c2ccccc2[C@H](C)[C@@H]1C. The topological polar surface area (TPSA) is 0 Å². The second-order valence-corrected chi connectivity index (χ2v) is 6.72. The molecule has 0 saturated heterocycles. The highest BCUT2D eigenvalue weighted by molar-refractivity contribution is 5.45. The Morgan fingerprint density at radius 3 is 2.05 bits per heavy atom. The lowest BCUT2D eigenvalue weighted by Crippen LogP contribution is -2.43. The Balaban J connectivity index is 2.66. The molecule has 0 fully saturated rings. The third-order valence-electron chi connectivity index (χ3n) is 6.28. The number of fused-ring (bicyclic) bond motifs is 1. The van der Waals surface area contributed by atoms with Gasteiger partial charge in [0.25, 0.3) is 0 Å². The molecule has 0 saturated carbocycles. The fourth-order valence-electron chi connectivity index (χ4n) is 4.81. The second-order valence-electron chi connectivity index (χ2n) is 6.72. The molecule has 0 amide bonds. The Kier molecular flexibility index (Phi) is 4.08. The number of hydrogen-bond acceptors (Lipinski definition) is 0. The van der Waals surface area contributed by atoms with E-state index < -0.39 is 0 Å². The lowest BCUT2D eigenvalue weighted by atomic mass is 9.58. The predicted molar refractivity (Wildman–Crippen MR) is 84.6 cm³/mol. The zero-order valence-corrected chi connectivity index (χ0v) is 13.5. The van der Waals surface area contributed by atoms with Gasteiger partial charge < -0.3 is 0 Å². The van der Waals surface area contributed by atoms with Gasteiger partial charge in [-0.25, -0.2) is 0 Å². The first-order valence-electron chi connectivity index (χ1n) is 8.11. The van der Waals surface area contributed by atoms with Gasteiger partial charge in [0.2, 0.25) is 0 Å². The lowest BCUT2D eigenvalue weighted by molar-refractivity contribution is 0.115. The standard InChI is InChI=1S/C19H30/c1-7-13(3)19(14(4)8-2)16(6)15(5)17-11-9-10-12-18(17)19/h9-16H,7-8H2,1-6H3/t13-,14+,15-,16+,19?/m1/s1. The van der Waals surface area contributed by atoms with Crippen molar-refractivity contribution in [3.63, 3.8) is 0 Å². The fraction of sp³-hybridized carbons (Fsp3) is 0.684. The Morgan fingerprint density at radius 2 is 1.53 bits per heavy atom. The molecule has 0 N–H and O–H groups in total. The Morgan fingerprint density at radius 1 is 1.00 bits per heavy atom. The minimum Gasteiger partial charge on any atom is -0.0651 e. The number of benzene rings is 1. The molecule has 0 spiro atoms. The van der Waals surface area contributed by atoms with Crippen LogP contribution in [0, 0.1) is 17.8 Å². The maximum Gasteiger partial charge on any atom is 0.00381 e. The molecule has 1 aromatic rings. The van der Waals surface area contributed by atoms with Crippen LogP contribution in [-0.2, 0) is 5.41 Å². The van der Waals surface area contributed by atoms with Crippen LogP contribution in [-0.4, -0.2) is 0 Å². The van der Waals surface area contributed by atoms with E-state index in [9.17, 15) is 0 Å². The number of rotatable bonds is 4. The van der Waals surface area contributed by atoms with Crippen LogP contribution in [0.2, 0.25) is 0 Å². The highest BCUT2D eigenvalue weighted by Crippen LogP contribution is 2.58. The first-order valence-corrected chi connectivity index (χ1v) is 8.11. The van der Waals surface area contributed by atoms with Crippen molar-refractivity contribution in [1.82, 2.24) is 0 Å². The largest absolute Gasteiger partial charge is 0.0651 e. The lowest BCUT2D eigenvalue weighted by Gasteiger charge is -2.46. The first kappa shape index (κ1) is 14.6. The van der Waals surface area contributed by atoms with Crippen molar-refractivity contribution in [1.29, 1.82) is 0 Å². The molecule has 0 radical (unpaired) electrons. The van der Waals surface area contributed by atoms with Crippen molar-refractivity contribution in [2.24, 2.45) is 17.8 Å². The van der Waals surface area contributed by atoms with Gasteiger partial charge in [-0.05, 0) is 34.8 Å². The number of hydrogen-bond donors (Lipinski definition) is 0. The monoisotopic (exact) mass is 258 g/mol. The molecule has 1 aromatic carbocycles. The molecule has 0 heteroatoms. The summed E-state index contributed by atoms with van der Waals surface area (Å²) in [5, 5.41) is 0. The van der Waals surface area contributed by atoms with E-state index >= 15 is 0 Å². The Labute approximate surface area is 119 Å². The van der Waals surface area contributed by atoms with Crippen molar-refractivity contribution in [3.8, 4) is 0 Å². The summed E-state index contributed by atoms with van der Waals surface area (Å²) in [6, 6.07) is 9.23. The van der Waals surface area contributed by atoms with Gasteiger partial charge in [0, 0.05) is 5.41 Å². The molecule has 106 valence electrons. The van der Waals surface area contributed by atoms with E-state index in [0.717, 1.165) is 17.8 Å². The van der Waals surface area contributed by atoms with Crippen LogP contribution < -0.4 is 0 Å². The summed E-state index contributed by atoms with van der Waals surface area (Å²) in [7, 11) is 0. The molecule has 1 aliphatic carbocycles. The second kappa shape index (κ2) is 5.31. The van der Waals surface area contributed by atoms with Crippen molar-refractivity contribution in [2.45, 2.75) is 65.7 Å². The van der Waals surface area contributed by atoms with Crippen LogP contribution >= 0.6 is 0 Å². The van der Waals surface area contributed by atoms with Gasteiger partial charge in [0.1, 0.15) is 0 Å². The van der Waals surface area contributed by atoms with Crippen molar-refractivity contribution in [2.75, 3.05) is 0 Å². The zero-order valence-electron chi connectivity index (χ0n) is 13.5. The van der Waals surface area contributed by atoms with E-state index in [-0.39, 0.29) is 0 Å². The summed E-state index contributed by atoms with van der Waals surface area (Å²) in [6.45, 7) is 14.6. The average molecular weight is 258 g/mol. The van der Waals surface area contributed by atoms with Crippen LogP contribution in [0.5, 0.6) is 0 Å². The third kappa shape index (κ3) is 1.87. The maximum absolute atomic E-state index is 2.49. The zero-order chi connectivity index (χ0) is 14.2. The smallest absolute Gasteiger partial charge is 0.00381 e. The van der Waals surface area contributed by atoms with Crippen molar-refractivity contribution < 1.29 is 0 Å². The first-order chi connectivity index (χ1) is 9.01. The highest BCUT2D eigenvalue weighted by atomic mass is 14.6. The molecule has 1 aliphatic rings. The summed E-state index contributed by atoms with van der Waals surface area (Å²) in [5.74, 6) is 2.95. The molecule has 0 nitrogen and oxygen atoms in total. The predicted octanol–water partition coefficient (Wildman–Crippen LogP) is 5.77. The van der Waals surface area contributed by atoms with E-state index in [1.807, 2.05) is 0 Å². The van der Waals surface area contributed by atoms with Gasteiger partial charge in [0.15, 0.2) is 0 Å². The summed E-state index contributed by atoms with van der Waals surface area (Å²) >= 11 is 0. The molecule has 19 heavy (non-hydrogen) atoms. The molecule has 1 unspecified atom stereocenters. The molecule has 0 aliphatic heterocycles. The molecular formula is C19H30. The fourth-order valence-corrected chi connectivity index (χ4v) is 4.81. The molecular weight excluding hydrogens is 228 g/mol. The van der Waals surface area contributed by atoms with E-state index in [1.54, 1.807) is 11.1 Å². The van der Waals surface area contributed by atoms with Gasteiger partial charge in [-0.15, -0.1) is 0 Å². The van der Waals surface area contributed by atoms with Crippen LogP contribution in [0.4, 0.5) is 0 Å². The quantitative estimate of drug-likeness (QED) is 0.643. The maximum atomic E-state index is 2.49. The van der Waals surface area contributed by atoms with Crippen molar-refractivity contribution in [3.05, 3.63) is 35.4 Å². The van der Waals surface area contributed by atoms with Gasteiger partial charge in [-0.3, -0.25) is 0 Å². The van der Waals surface area contributed by atoms with Gasteiger partial charge in [-0.2, -0.15) is 0 Å².